The molecule has 0 saturated carbocycles. The zero-order valence-electron chi connectivity index (χ0n) is 11.1. The van der Waals surface area contributed by atoms with Crippen molar-refractivity contribution in [1.82, 2.24) is 9.55 Å². The van der Waals surface area contributed by atoms with Crippen LogP contribution < -0.4 is 5.32 Å². The van der Waals surface area contributed by atoms with Crippen molar-refractivity contribution in [3.05, 3.63) is 43.0 Å². The first kappa shape index (κ1) is 15.4. The minimum atomic E-state index is -4.60. The molecule has 1 aromatic heterocycles. The second-order valence-corrected chi connectivity index (χ2v) is 6.27. The third-order valence-electron chi connectivity index (χ3n) is 2.90. The number of benzene rings is 1. The number of nitrogens with one attached hydrogen (secondary N) is 1. The number of alkyl halides is 2. The number of para-hydroxylation sites is 1. The predicted octanol–water partition coefficient (Wildman–Crippen LogP) is 2.38. The fraction of sp³-hybridized carbons (Fsp3) is 0.308. The first-order valence-electron chi connectivity index (χ1n) is 6.32. The Morgan fingerprint density at radius 3 is 2.71 bits per heavy atom. The van der Waals surface area contributed by atoms with E-state index in [2.05, 4.69) is 10.3 Å². The van der Waals surface area contributed by atoms with Crippen LogP contribution in [0.15, 0.2) is 47.9 Å². The van der Waals surface area contributed by atoms with Crippen LogP contribution in [0.5, 0.6) is 0 Å². The molecule has 8 heteroatoms. The van der Waals surface area contributed by atoms with Gasteiger partial charge in [-0.3, -0.25) is 0 Å². The maximum atomic E-state index is 12.6. The van der Waals surface area contributed by atoms with Crippen LogP contribution in [0.4, 0.5) is 14.5 Å². The molecule has 0 aliphatic carbocycles. The number of aryl methyl sites for hydroxylation is 1. The summed E-state index contributed by atoms with van der Waals surface area (Å²) in [6.45, 7) is 1.17. The molecule has 2 aromatic rings. The van der Waals surface area contributed by atoms with Crippen molar-refractivity contribution in [1.29, 1.82) is 0 Å². The van der Waals surface area contributed by atoms with Crippen molar-refractivity contribution < 1.29 is 17.2 Å². The second kappa shape index (κ2) is 6.66. The average Bonchev–Trinajstić information content (AvgIpc) is 2.97. The van der Waals surface area contributed by atoms with Gasteiger partial charge in [0.25, 0.3) is 0 Å². The molecule has 2 rings (SSSR count). The Morgan fingerprint density at radius 1 is 1.29 bits per heavy atom. The van der Waals surface area contributed by atoms with E-state index in [4.69, 9.17) is 0 Å². The van der Waals surface area contributed by atoms with E-state index < -0.39 is 15.6 Å². The van der Waals surface area contributed by atoms with Crippen LogP contribution in [0, 0.1) is 0 Å². The summed E-state index contributed by atoms with van der Waals surface area (Å²) >= 11 is 0. The van der Waals surface area contributed by atoms with Gasteiger partial charge in [0.15, 0.2) is 0 Å². The zero-order valence-corrected chi connectivity index (χ0v) is 11.9. The molecule has 0 unspecified atom stereocenters. The van der Waals surface area contributed by atoms with Gasteiger partial charge in [-0.05, 0) is 18.6 Å². The maximum absolute atomic E-state index is 12.6. The van der Waals surface area contributed by atoms with Crippen molar-refractivity contribution in [2.45, 2.75) is 23.6 Å². The van der Waals surface area contributed by atoms with E-state index in [1.807, 2.05) is 10.8 Å². The van der Waals surface area contributed by atoms with Gasteiger partial charge in [0, 0.05) is 25.5 Å². The van der Waals surface area contributed by atoms with Gasteiger partial charge in [-0.15, -0.1) is 0 Å². The van der Waals surface area contributed by atoms with Gasteiger partial charge in [0.1, 0.15) is 0 Å². The van der Waals surface area contributed by atoms with E-state index >= 15 is 0 Å². The summed E-state index contributed by atoms with van der Waals surface area (Å²) < 4.78 is 50.3. The highest BCUT2D eigenvalue weighted by atomic mass is 32.2. The Hall–Kier alpha value is -1.96. The summed E-state index contributed by atoms with van der Waals surface area (Å²) in [5, 5.41) is 2.89. The Labute approximate surface area is 121 Å². The SMILES string of the molecule is O=S(=O)(c1ccccc1NCCCn1ccnc1)C(F)F. The maximum Gasteiger partial charge on any atom is 0.341 e. The van der Waals surface area contributed by atoms with Crippen LogP contribution >= 0.6 is 0 Å². The molecule has 0 fully saturated rings. The fourth-order valence-electron chi connectivity index (χ4n) is 1.86. The topological polar surface area (TPSA) is 64.0 Å². The molecule has 0 amide bonds. The summed E-state index contributed by atoms with van der Waals surface area (Å²) in [4.78, 5) is 3.53. The van der Waals surface area contributed by atoms with Gasteiger partial charge in [0.05, 0.1) is 16.9 Å². The van der Waals surface area contributed by atoms with Crippen LogP contribution in [-0.4, -0.2) is 30.3 Å². The highest BCUT2D eigenvalue weighted by Gasteiger charge is 2.28. The van der Waals surface area contributed by atoms with E-state index in [-0.39, 0.29) is 10.6 Å². The third kappa shape index (κ3) is 3.78. The molecule has 0 spiro atoms. The van der Waals surface area contributed by atoms with Gasteiger partial charge < -0.3 is 9.88 Å². The lowest BCUT2D eigenvalue weighted by Gasteiger charge is -2.12. The average molecular weight is 315 g/mol. The van der Waals surface area contributed by atoms with Crippen LogP contribution in [-0.2, 0) is 16.4 Å². The van der Waals surface area contributed by atoms with E-state index in [0.717, 1.165) is 0 Å². The molecule has 0 bridgehead atoms. The lowest BCUT2D eigenvalue weighted by Crippen LogP contribution is -2.15. The molecule has 0 aliphatic rings. The van der Waals surface area contributed by atoms with Gasteiger partial charge in [-0.25, -0.2) is 13.4 Å². The molecule has 0 radical (unpaired) electrons. The van der Waals surface area contributed by atoms with Crippen LogP contribution in [0.2, 0.25) is 0 Å². The van der Waals surface area contributed by atoms with E-state index in [1.54, 1.807) is 18.6 Å². The van der Waals surface area contributed by atoms with E-state index in [0.29, 0.717) is 19.5 Å². The number of sulfone groups is 1. The van der Waals surface area contributed by atoms with E-state index in [1.165, 1.54) is 18.2 Å². The molecule has 0 aliphatic heterocycles. The molecule has 114 valence electrons. The summed E-state index contributed by atoms with van der Waals surface area (Å²) in [5.74, 6) is -3.42. The predicted molar refractivity (Wildman–Crippen MR) is 75.0 cm³/mol. The van der Waals surface area contributed by atoms with E-state index in [9.17, 15) is 17.2 Å². The fourth-order valence-corrected chi connectivity index (χ4v) is 2.77. The number of aromatic nitrogens is 2. The molecule has 1 N–H and O–H groups in total. The molecular weight excluding hydrogens is 300 g/mol. The lowest BCUT2D eigenvalue weighted by molar-refractivity contribution is 0.235. The highest BCUT2D eigenvalue weighted by molar-refractivity contribution is 7.91. The Bertz CT molecular complexity index is 672. The van der Waals surface area contributed by atoms with Crippen molar-refractivity contribution in [3.63, 3.8) is 0 Å². The van der Waals surface area contributed by atoms with Crippen molar-refractivity contribution in [3.8, 4) is 0 Å². The summed E-state index contributed by atoms with van der Waals surface area (Å²) in [7, 11) is -4.60. The molecular formula is C13H15F2N3O2S. The molecule has 1 aromatic carbocycles. The first-order chi connectivity index (χ1) is 10.0. The summed E-state index contributed by atoms with van der Waals surface area (Å²) in [5.41, 5.74) is 0.198. The van der Waals surface area contributed by atoms with Gasteiger partial charge in [0.2, 0.25) is 9.84 Å². The number of rotatable bonds is 7. The number of hydrogen-bond donors (Lipinski definition) is 1. The highest BCUT2D eigenvalue weighted by Crippen LogP contribution is 2.25. The van der Waals surface area contributed by atoms with Crippen LogP contribution in [0.3, 0.4) is 0 Å². The first-order valence-corrected chi connectivity index (χ1v) is 7.87. The third-order valence-corrected chi connectivity index (χ3v) is 4.33. The van der Waals surface area contributed by atoms with Crippen LogP contribution in [0.1, 0.15) is 6.42 Å². The van der Waals surface area contributed by atoms with Gasteiger partial charge in [-0.1, -0.05) is 12.1 Å². The Kier molecular flexibility index (Phi) is 4.89. The lowest BCUT2D eigenvalue weighted by atomic mass is 10.3. The van der Waals surface area contributed by atoms with Gasteiger partial charge in [-0.2, -0.15) is 8.78 Å². The smallest absolute Gasteiger partial charge is 0.341 e. The largest absolute Gasteiger partial charge is 0.384 e. The standard InChI is InChI=1S/C13H15F2N3O2S/c14-13(15)21(19,20)12-5-2-1-4-11(12)17-6-3-8-18-9-7-16-10-18/h1-2,4-5,7,9-10,13,17H,3,6,8H2. The molecule has 5 nitrogen and oxygen atoms in total. The number of nitrogens with zero attached hydrogens (tertiary/aromatic N) is 2. The monoisotopic (exact) mass is 315 g/mol. The number of hydrogen-bond acceptors (Lipinski definition) is 4. The second-order valence-electron chi connectivity index (χ2n) is 4.38. The summed E-state index contributed by atoms with van der Waals surface area (Å²) in [6.07, 6.45) is 5.86. The summed E-state index contributed by atoms with van der Waals surface area (Å²) in [6, 6.07) is 5.68. The van der Waals surface area contributed by atoms with Gasteiger partial charge >= 0.3 is 5.76 Å². The Balaban J connectivity index is 2.00. The minimum absolute atomic E-state index is 0.198. The Morgan fingerprint density at radius 2 is 2.05 bits per heavy atom. The number of anilines is 1. The number of halogens is 2. The molecule has 21 heavy (non-hydrogen) atoms. The van der Waals surface area contributed by atoms with Crippen molar-refractivity contribution in [2.75, 3.05) is 11.9 Å². The molecule has 0 saturated heterocycles. The molecule has 1 heterocycles. The minimum Gasteiger partial charge on any atom is -0.384 e. The van der Waals surface area contributed by atoms with Crippen molar-refractivity contribution >= 4 is 15.5 Å². The van der Waals surface area contributed by atoms with Crippen LogP contribution in [0.25, 0.3) is 0 Å². The molecule has 0 atom stereocenters. The zero-order chi connectivity index (χ0) is 15.3. The van der Waals surface area contributed by atoms with Crippen molar-refractivity contribution in [2.24, 2.45) is 0 Å². The number of imidazole rings is 1. The normalized spacial score (nSPS) is 11.8. The quantitative estimate of drug-likeness (QED) is 0.797.